The molecule has 31 heavy (non-hydrogen) atoms. The standard InChI is InChI=1S/C18H18F4N8O/c1-3-29(11(2)7-24-17-25-8-12(9-26-17)18(20,21)22)16(31)14-6-13(19)10-23-15(14)30-27-4-5-28-30/h4-6,8-11H,3,7H2,1-2H3,(H,24,25,26). The minimum absolute atomic E-state index is 0.0165. The number of hydrogen-bond donors (Lipinski definition) is 1. The first-order chi connectivity index (χ1) is 14.7. The van der Waals surface area contributed by atoms with Crippen LogP contribution < -0.4 is 5.32 Å². The van der Waals surface area contributed by atoms with E-state index in [1.54, 1.807) is 13.8 Å². The van der Waals surface area contributed by atoms with Crippen LogP contribution in [-0.2, 0) is 6.18 Å². The van der Waals surface area contributed by atoms with Gasteiger partial charge in [0, 0.05) is 31.5 Å². The van der Waals surface area contributed by atoms with Gasteiger partial charge in [-0.15, -0.1) is 4.80 Å². The van der Waals surface area contributed by atoms with Crippen LogP contribution in [0.15, 0.2) is 37.1 Å². The van der Waals surface area contributed by atoms with E-state index in [-0.39, 0.29) is 30.4 Å². The van der Waals surface area contributed by atoms with Crippen molar-refractivity contribution < 1.29 is 22.4 Å². The van der Waals surface area contributed by atoms with Crippen molar-refractivity contribution in [2.75, 3.05) is 18.4 Å². The molecule has 1 N–H and O–H groups in total. The van der Waals surface area contributed by atoms with E-state index in [4.69, 9.17) is 0 Å². The third-order valence-corrected chi connectivity index (χ3v) is 4.34. The fraction of sp³-hybridized carbons (Fsp3) is 0.333. The Morgan fingerprint density at radius 2 is 1.81 bits per heavy atom. The van der Waals surface area contributed by atoms with Crippen molar-refractivity contribution in [3.05, 3.63) is 54.0 Å². The van der Waals surface area contributed by atoms with Crippen LogP contribution in [0.2, 0.25) is 0 Å². The van der Waals surface area contributed by atoms with Crippen LogP contribution in [0.5, 0.6) is 0 Å². The first-order valence-electron chi connectivity index (χ1n) is 9.17. The number of nitrogens with zero attached hydrogens (tertiary/aromatic N) is 7. The molecule has 0 aliphatic carbocycles. The van der Waals surface area contributed by atoms with E-state index in [9.17, 15) is 22.4 Å². The van der Waals surface area contributed by atoms with E-state index in [2.05, 4.69) is 30.5 Å². The molecule has 1 atom stereocenters. The second-order valence-electron chi connectivity index (χ2n) is 6.46. The van der Waals surface area contributed by atoms with Gasteiger partial charge in [-0.25, -0.2) is 19.3 Å². The summed E-state index contributed by atoms with van der Waals surface area (Å²) in [6.45, 7) is 3.87. The van der Waals surface area contributed by atoms with E-state index in [0.717, 1.165) is 17.1 Å². The number of alkyl halides is 3. The topological polar surface area (TPSA) is 102 Å². The predicted octanol–water partition coefficient (Wildman–Crippen LogP) is 2.57. The maximum atomic E-state index is 13.8. The molecule has 164 valence electrons. The second kappa shape index (κ2) is 9.02. The van der Waals surface area contributed by atoms with Gasteiger partial charge in [0.15, 0.2) is 5.82 Å². The summed E-state index contributed by atoms with van der Waals surface area (Å²) >= 11 is 0. The van der Waals surface area contributed by atoms with E-state index in [1.165, 1.54) is 17.3 Å². The van der Waals surface area contributed by atoms with E-state index in [0.29, 0.717) is 12.4 Å². The highest BCUT2D eigenvalue weighted by atomic mass is 19.4. The molecule has 3 aromatic rings. The number of aromatic nitrogens is 6. The average molecular weight is 438 g/mol. The molecule has 1 unspecified atom stereocenters. The molecule has 0 aliphatic heterocycles. The number of carbonyl (C=O) groups is 1. The van der Waals surface area contributed by atoms with Crippen molar-refractivity contribution in [2.45, 2.75) is 26.1 Å². The van der Waals surface area contributed by atoms with Gasteiger partial charge in [-0.3, -0.25) is 4.79 Å². The quantitative estimate of drug-likeness (QED) is 0.566. The molecule has 3 heterocycles. The van der Waals surface area contributed by atoms with Gasteiger partial charge in [-0.05, 0) is 19.9 Å². The number of halogens is 4. The van der Waals surface area contributed by atoms with Crippen LogP contribution in [0.25, 0.3) is 5.82 Å². The summed E-state index contributed by atoms with van der Waals surface area (Å²) in [5.41, 5.74) is -0.995. The number of amides is 1. The normalized spacial score (nSPS) is 12.5. The zero-order valence-corrected chi connectivity index (χ0v) is 16.5. The van der Waals surface area contributed by atoms with Crippen molar-refractivity contribution in [1.82, 2.24) is 34.8 Å². The van der Waals surface area contributed by atoms with E-state index >= 15 is 0 Å². The summed E-state index contributed by atoms with van der Waals surface area (Å²) in [4.78, 5) is 26.9. The molecular formula is C18H18F4N8O. The molecule has 3 aromatic heterocycles. The molecule has 0 bridgehead atoms. The number of carbonyl (C=O) groups excluding carboxylic acids is 1. The Balaban J connectivity index is 1.74. The minimum atomic E-state index is -4.53. The molecule has 0 saturated heterocycles. The number of hydrogen-bond acceptors (Lipinski definition) is 7. The molecule has 0 aliphatic rings. The zero-order valence-electron chi connectivity index (χ0n) is 16.5. The lowest BCUT2D eigenvalue weighted by molar-refractivity contribution is -0.138. The number of nitrogens with one attached hydrogen (secondary N) is 1. The molecule has 3 rings (SSSR count). The highest BCUT2D eigenvalue weighted by Crippen LogP contribution is 2.28. The SMILES string of the molecule is CCN(C(=O)c1cc(F)cnc1-n1nccn1)C(C)CNc1ncc(C(F)(F)F)cn1. The second-order valence-corrected chi connectivity index (χ2v) is 6.46. The highest BCUT2D eigenvalue weighted by Gasteiger charge is 2.31. The summed E-state index contributed by atoms with van der Waals surface area (Å²) in [5, 5.41) is 10.7. The predicted molar refractivity (Wildman–Crippen MR) is 101 cm³/mol. The van der Waals surface area contributed by atoms with Crippen molar-refractivity contribution in [3.8, 4) is 5.82 Å². The first-order valence-corrected chi connectivity index (χ1v) is 9.17. The van der Waals surface area contributed by atoms with Crippen LogP contribution in [0.1, 0.15) is 29.8 Å². The monoisotopic (exact) mass is 438 g/mol. The van der Waals surface area contributed by atoms with Gasteiger partial charge < -0.3 is 10.2 Å². The smallest absolute Gasteiger partial charge is 0.352 e. The van der Waals surface area contributed by atoms with Gasteiger partial charge in [-0.1, -0.05) is 0 Å². The first kappa shape index (κ1) is 22.1. The average Bonchev–Trinajstić information content (AvgIpc) is 3.27. The molecule has 0 fully saturated rings. The summed E-state index contributed by atoms with van der Waals surface area (Å²) in [6, 6.07) is 0.612. The Kier molecular flexibility index (Phi) is 6.42. The van der Waals surface area contributed by atoms with E-state index in [1.807, 2.05) is 0 Å². The number of likely N-dealkylation sites (N-methyl/N-ethyl adjacent to an activating group) is 1. The van der Waals surface area contributed by atoms with Crippen molar-refractivity contribution in [3.63, 3.8) is 0 Å². The summed E-state index contributed by atoms with van der Waals surface area (Å²) < 4.78 is 51.6. The lowest BCUT2D eigenvalue weighted by Crippen LogP contribution is -2.42. The van der Waals surface area contributed by atoms with Gasteiger partial charge in [0.2, 0.25) is 5.95 Å². The summed E-state index contributed by atoms with van der Waals surface area (Å²) in [7, 11) is 0. The Bertz CT molecular complexity index is 1020. The van der Waals surface area contributed by atoms with Gasteiger partial charge in [0.1, 0.15) is 5.82 Å². The van der Waals surface area contributed by atoms with Crippen LogP contribution in [0.3, 0.4) is 0 Å². The number of anilines is 1. The van der Waals surface area contributed by atoms with Crippen LogP contribution >= 0.6 is 0 Å². The fourth-order valence-corrected chi connectivity index (χ4v) is 2.80. The molecule has 13 heteroatoms. The molecule has 0 aromatic carbocycles. The van der Waals surface area contributed by atoms with Crippen molar-refractivity contribution in [1.29, 1.82) is 0 Å². The Morgan fingerprint density at radius 3 is 2.39 bits per heavy atom. The third-order valence-electron chi connectivity index (χ3n) is 4.34. The maximum Gasteiger partial charge on any atom is 0.419 e. The van der Waals surface area contributed by atoms with Gasteiger partial charge in [0.25, 0.3) is 5.91 Å². The Hall–Kier alpha value is -3.64. The number of pyridine rings is 1. The Morgan fingerprint density at radius 1 is 1.16 bits per heavy atom. The zero-order chi connectivity index (χ0) is 22.6. The molecule has 0 spiro atoms. The van der Waals surface area contributed by atoms with Gasteiger partial charge in [0.05, 0.1) is 29.7 Å². The van der Waals surface area contributed by atoms with E-state index < -0.39 is 29.5 Å². The molecule has 9 nitrogen and oxygen atoms in total. The third kappa shape index (κ3) is 5.10. The maximum absolute atomic E-state index is 13.8. The van der Waals surface area contributed by atoms with Gasteiger partial charge >= 0.3 is 6.18 Å². The van der Waals surface area contributed by atoms with Crippen LogP contribution in [0.4, 0.5) is 23.5 Å². The van der Waals surface area contributed by atoms with Gasteiger partial charge in [-0.2, -0.15) is 23.4 Å². The molecule has 0 saturated carbocycles. The Labute approximate surface area is 174 Å². The summed E-state index contributed by atoms with van der Waals surface area (Å²) in [6.07, 6.45) is 0.562. The van der Waals surface area contributed by atoms with Crippen molar-refractivity contribution in [2.24, 2.45) is 0 Å². The lowest BCUT2D eigenvalue weighted by Gasteiger charge is -2.28. The highest BCUT2D eigenvalue weighted by molar-refractivity contribution is 5.97. The number of rotatable bonds is 7. The fourth-order valence-electron chi connectivity index (χ4n) is 2.80. The minimum Gasteiger partial charge on any atom is -0.352 e. The molecule has 0 radical (unpaired) electrons. The summed E-state index contributed by atoms with van der Waals surface area (Å²) in [5.74, 6) is -1.15. The molecule has 1 amide bonds. The molecular weight excluding hydrogens is 420 g/mol. The van der Waals surface area contributed by atoms with Crippen molar-refractivity contribution >= 4 is 11.9 Å². The largest absolute Gasteiger partial charge is 0.419 e. The van der Waals surface area contributed by atoms with Crippen LogP contribution in [-0.4, -0.2) is 59.9 Å². The lowest BCUT2D eigenvalue weighted by atomic mass is 10.1. The van der Waals surface area contributed by atoms with Crippen LogP contribution in [0, 0.1) is 5.82 Å².